The minimum absolute atomic E-state index is 0.581. The number of hydrogen-bond acceptors (Lipinski definition) is 5. The van der Waals surface area contributed by atoms with Crippen LogP contribution in [0.5, 0.6) is 0 Å². The van der Waals surface area contributed by atoms with Gasteiger partial charge in [0, 0.05) is 24.4 Å². The highest BCUT2D eigenvalue weighted by Gasteiger charge is 2.24. The van der Waals surface area contributed by atoms with Gasteiger partial charge in [-0.25, -0.2) is 9.97 Å². The number of ether oxygens (including phenoxy) is 1. The van der Waals surface area contributed by atoms with Gasteiger partial charge in [0.1, 0.15) is 16.5 Å². The van der Waals surface area contributed by atoms with Crippen molar-refractivity contribution < 1.29 is 4.74 Å². The summed E-state index contributed by atoms with van der Waals surface area (Å²) in [4.78, 5) is 15.2. The molecule has 2 aliphatic rings. The first-order valence-corrected chi connectivity index (χ1v) is 10.2. The third-order valence-corrected chi connectivity index (χ3v) is 6.18. The van der Waals surface area contributed by atoms with Gasteiger partial charge >= 0.3 is 0 Å². The van der Waals surface area contributed by atoms with Gasteiger partial charge in [0.05, 0.1) is 18.6 Å². The number of rotatable bonds is 3. The van der Waals surface area contributed by atoms with Crippen molar-refractivity contribution in [3.8, 4) is 0 Å². The highest BCUT2D eigenvalue weighted by molar-refractivity contribution is 7.19. The fraction of sp³-hybridized carbons (Fsp3) is 0.684. The maximum Gasteiger partial charge on any atom is 0.141 e. The molecule has 3 heterocycles. The highest BCUT2D eigenvalue weighted by atomic mass is 32.1. The average molecular weight is 346 g/mol. The first-order valence-electron chi connectivity index (χ1n) is 9.36. The van der Waals surface area contributed by atoms with Crippen molar-refractivity contribution in [3.63, 3.8) is 0 Å². The number of aromatic nitrogens is 2. The van der Waals surface area contributed by atoms with Crippen LogP contribution in [0.1, 0.15) is 49.4 Å². The number of fused-ring (bicyclic) bond motifs is 3. The van der Waals surface area contributed by atoms with Crippen LogP contribution in [0.2, 0.25) is 0 Å². The quantitative estimate of drug-likeness (QED) is 0.788. The van der Waals surface area contributed by atoms with E-state index in [1.165, 1.54) is 48.1 Å². The molecule has 5 heteroatoms. The fourth-order valence-electron chi connectivity index (χ4n) is 3.82. The number of anilines is 1. The van der Waals surface area contributed by atoms with Gasteiger partial charge in [0.15, 0.2) is 0 Å². The Hall–Kier alpha value is -1.20. The highest BCUT2D eigenvalue weighted by Crippen LogP contribution is 2.39. The van der Waals surface area contributed by atoms with E-state index in [-0.39, 0.29) is 0 Å². The summed E-state index contributed by atoms with van der Waals surface area (Å²) in [5.41, 5.74) is 1.55. The molecule has 4 rings (SSSR count). The lowest BCUT2D eigenvalue weighted by Crippen LogP contribution is -2.37. The SMILES string of the molecule is CC(C)Cc1nc(N2CCOCC2)c2c3c(sc2n1)CCCCC3. The predicted octanol–water partition coefficient (Wildman–Crippen LogP) is 4.00. The molecule has 0 radical (unpaired) electrons. The van der Waals surface area contributed by atoms with Crippen LogP contribution in [0, 0.1) is 5.92 Å². The topological polar surface area (TPSA) is 38.2 Å². The predicted molar refractivity (Wildman–Crippen MR) is 100 cm³/mol. The van der Waals surface area contributed by atoms with Crippen molar-refractivity contribution in [2.75, 3.05) is 31.2 Å². The number of morpholine rings is 1. The zero-order valence-corrected chi connectivity index (χ0v) is 15.6. The van der Waals surface area contributed by atoms with Crippen LogP contribution in [0.15, 0.2) is 0 Å². The van der Waals surface area contributed by atoms with Crippen molar-refractivity contribution in [2.24, 2.45) is 5.92 Å². The number of hydrogen-bond donors (Lipinski definition) is 0. The molecular formula is C19H27N3OS. The van der Waals surface area contributed by atoms with Gasteiger partial charge in [-0.1, -0.05) is 20.3 Å². The zero-order chi connectivity index (χ0) is 16.5. The van der Waals surface area contributed by atoms with Crippen LogP contribution in [0.4, 0.5) is 5.82 Å². The Labute approximate surface area is 148 Å². The van der Waals surface area contributed by atoms with E-state index in [1.54, 1.807) is 10.4 Å². The minimum atomic E-state index is 0.581. The summed E-state index contributed by atoms with van der Waals surface area (Å²) in [6.45, 7) is 7.97. The van der Waals surface area contributed by atoms with Gasteiger partial charge in [-0.05, 0) is 37.2 Å². The molecule has 4 nitrogen and oxygen atoms in total. The summed E-state index contributed by atoms with van der Waals surface area (Å²) >= 11 is 1.92. The van der Waals surface area contributed by atoms with Gasteiger partial charge in [0.2, 0.25) is 0 Å². The Morgan fingerprint density at radius 3 is 2.67 bits per heavy atom. The van der Waals surface area contributed by atoms with Crippen LogP contribution >= 0.6 is 11.3 Å². The lowest BCUT2D eigenvalue weighted by atomic mass is 10.1. The Morgan fingerprint density at radius 1 is 1.08 bits per heavy atom. The first kappa shape index (κ1) is 16.3. The van der Waals surface area contributed by atoms with E-state index in [1.807, 2.05) is 11.3 Å². The van der Waals surface area contributed by atoms with E-state index >= 15 is 0 Å². The summed E-state index contributed by atoms with van der Waals surface area (Å²) in [6.07, 6.45) is 7.34. The monoisotopic (exact) mass is 345 g/mol. The molecule has 2 aromatic rings. The smallest absolute Gasteiger partial charge is 0.141 e. The van der Waals surface area contributed by atoms with Crippen molar-refractivity contribution in [1.29, 1.82) is 0 Å². The summed E-state index contributed by atoms with van der Waals surface area (Å²) in [5, 5.41) is 1.35. The second-order valence-corrected chi connectivity index (χ2v) is 8.49. The molecule has 1 saturated heterocycles. The molecule has 0 unspecified atom stereocenters. The van der Waals surface area contributed by atoms with Gasteiger partial charge in [-0.15, -0.1) is 11.3 Å². The van der Waals surface area contributed by atoms with Gasteiger partial charge in [0.25, 0.3) is 0 Å². The number of aryl methyl sites for hydroxylation is 2. The summed E-state index contributed by atoms with van der Waals surface area (Å²) in [6, 6.07) is 0. The molecule has 130 valence electrons. The number of thiophene rings is 1. The standard InChI is InChI=1S/C19H27N3OS/c1-13(2)12-16-20-18(22-8-10-23-11-9-22)17-14-6-4-3-5-7-15(14)24-19(17)21-16/h13H,3-12H2,1-2H3. The van der Waals surface area contributed by atoms with Crippen molar-refractivity contribution >= 4 is 27.4 Å². The molecule has 0 saturated carbocycles. The fourth-order valence-corrected chi connectivity index (χ4v) is 5.09. The van der Waals surface area contributed by atoms with E-state index in [0.29, 0.717) is 5.92 Å². The lowest BCUT2D eigenvalue weighted by molar-refractivity contribution is 0.122. The van der Waals surface area contributed by atoms with E-state index in [4.69, 9.17) is 14.7 Å². The molecule has 0 atom stereocenters. The van der Waals surface area contributed by atoms with Crippen LogP contribution in [0.3, 0.4) is 0 Å². The van der Waals surface area contributed by atoms with Crippen LogP contribution in [0.25, 0.3) is 10.2 Å². The molecule has 2 aromatic heterocycles. The first-order chi connectivity index (χ1) is 11.7. The molecule has 1 fully saturated rings. The zero-order valence-electron chi connectivity index (χ0n) is 14.8. The molecule has 24 heavy (non-hydrogen) atoms. The number of nitrogens with zero attached hydrogens (tertiary/aromatic N) is 3. The van der Waals surface area contributed by atoms with E-state index in [0.717, 1.165) is 38.5 Å². The van der Waals surface area contributed by atoms with Crippen molar-refractivity contribution in [1.82, 2.24) is 9.97 Å². The molecule has 1 aliphatic carbocycles. The Bertz CT molecular complexity index is 719. The molecule has 0 aromatic carbocycles. The van der Waals surface area contributed by atoms with E-state index in [2.05, 4.69) is 18.7 Å². The van der Waals surface area contributed by atoms with Crippen LogP contribution in [-0.2, 0) is 24.0 Å². The largest absolute Gasteiger partial charge is 0.378 e. The molecule has 1 aliphatic heterocycles. The normalized spacial score (nSPS) is 18.9. The Balaban J connectivity index is 1.85. The average Bonchev–Trinajstić information content (AvgIpc) is 2.75. The maximum absolute atomic E-state index is 5.56. The van der Waals surface area contributed by atoms with Gasteiger partial charge < -0.3 is 9.64 Å². The Kier molecular flexibility index (Phi) is 4.72. The van der Waals surface area contributed by atoms with Gasteiger partial charge in [-0.2, -0.15) is 0 Å². The summed E-state index contributed by atoms with van der Waals surface area (Å²) in [7, 11) is 0. The third-order valence-electron chi connectivity index (χ3n) is 4.99. The van der Waals surface area contributed by atoms with Crippen molar-refractivity contribution in [3.05, 3.63) is 16.3 Å². The third kappa shape index (κ3) is 3.16. The maximum atomic E-state index is 5.56. The summed E-state index contributed by atoms with van der Waals surface area (Å²) < 4.78 is 5.56. The lowest BCUT2D eigenvalue weighted by Gasteiger charge is -2.29. The minimum Gasteiger partial charge on any atom is -0.378 e. The van der Waals surface area contributed by atoms with Gasteiger partial charge in [-0.3, -0.25) is 0 Å². The van der Waals surface area contributed by atoms with Crippen LogP contribution < -0.4 is 4.90 Å². The van der Waals surface area contributed by atoms with E-state index in [9.17, 15) is 0 Å². The Morgan fingerprint density at radius 2 is 1.88 bits per heavy atom. The molecular weight excluding hydrogens is 318 g/mol. The molecule has 0 amide bonds. The van der Waals surface area contributed by atoms with Crippen LogP contribution in [-0.4, -0.2) is 36.3 Å². The van der Waals surface area contributed by atoms with Crippen molar-refractivity contribution in [2.45, 2.75) is 52.4 Å². The second kappa shape index (κ2) is 6.96. The molecule has 0 N–H and O–H groups in total. The van der Waals surface area contributed by atoms with E-state index < -0.39 is 0 Å². The molecule has 0 bridgehead atoms. The molecule has 0 spiro atoms. The second-order valence-electron chi connectivity index (χ2n) is 7.41. The summed E-state index contributed by atoms with van der Waals surface area (Å²) in [5.74, 6) is 2.77.